The number of rotatable bonds is 2. The molecule has 0 N–H and O–H groups in total. The predicted molar refractivity (Wildman–Crippen MR) is 49.9 cm³/mol. The first kappa shape index (κ1) is 12.7. The van der Waals surface area contributed by atoms with Crippen LogP contribution < -0.4 is 0 Å². The van der Waals surface area contributed by atoms with Crippen LogP contribution in [0.3, 0.4) is 0 Å². The van der Waals surface area contributed by atoms with E-state index in [1.54, 1.807) is 0 Å². The molecule has 9 heteroatoms. The highest BCUT2D eigenvalue weighted by Gasteiger charge is 2.24. The first-order valence-corrected chi connectivity index (χ1v) is 6.42. The second-order valence-corrected chi connectivity index (χ2v) is 5.70. The lowest BCUT2D eigenvalue weighted by Crippen LogP contribution is -2.02. The molecule has 0 saturated carbocycles. The minimum absolute atomic E-state index is 0.566. The van der Waals surface area contributed by atoms with Crippen LogP contribution >= 0.6 is 26.6 Å². The van der Waals surface area contributed by atoms with Crippen molar-refractivity contribution in [3.05, 3.63) is 22.2 Å². The molecule has 3 nitrogen and oxygen atoms in total. The van der Waals surface area contributed by atoms with E-state index >= 15 is 0 Å². The number of aromatic nitrogens is 1. The molecule has 15 heavy (non-hydrogen) atoms. The van der Waals surface area contributed by atoms with E-state index in [9.17, 15) is 21.6 Å². The maximum atomic E-state index is 13.1. The molecule has 0 radical (unpaired) electrons. The summed E-state index contributed by atoms with van der Waals surface area (Å²) in [7, 11) is 0.695. The fraction of sp³-hybridized carbons (Fsp3) is 0.167. The van der Waals surface area contributed by atoms with Crippen molar-refractivity contribution in [3.63, 3.8) is 0 Å². The number of nitrogens with zero attached hydrogens (tertiary/aromatic N) is 1. The van der Waals surface area contributed by atoms with Gasteiger partial charge in [-0.2, -0.15) is 0 Å². The smallest absolute Gasteiger partial charge is 0.251 e. The summed E-state index contributed by atoms with van der Waals surface area (Å²) < 4.78 is 58.4. The Bertz CT molecular complexity index is 493. The third-order valence-corrected chi connectivity index (χ3v) is 3.80. The highest BCUT2D eigenvalue weighted by molar-refractivity contribution is 9.10. The van der Waals surface area contributed by atoms with Gasteiger partial charge in [0.2, 0.25) is 0 Å². The van der Waals surface area contributed by atoms with Crippen molar-refractivity contribution < 1.29 is 21.6 Å². The van der Waals surface area contributed by atoms with Crippen molar-refractivity contribution in [2.45, 2.75) is 11.3 Å². The lowest BCUT2D eigenvalue weighted by molar-refractivity contribution is 0.140. The second-order valence-electron chi connectivity index (χ2n) is 2.37. The Morgan fingerprint density at radius 1 is 1.47 bits per heavy atom. The molecule has 0 saturated heterocycles. The number of hydrogen-bond donors (Lipinski definition) is 0. The summed E-state index contributed by atoms with van der Waals surface area (Å²) in [6.07, 6.45) is -2.56. The van der Waals surface area contributed by atoms with Crippen LogP contribution in [0.5, 0.6) is 0 Å². The van der Waals surface area contributed by atoms with Gasteiger partial charge in [-0.1, -0.05) is 0 Å². The summed E-state index contributed by atoms with van der Waals surface area (Å²) >= 11 is 2.52. The standard InChI is InChI=1S/C6H2BrClF3NO2S/c7-3-2(15(8,13)14)1-12-5(4(3)9)6(10)11/h1,6H. The van der Waals surface area contributed by atoms with Crippen LogP contribution in [0.25, 0.3) is 0 Å². The van der Waals surface area contributed by atoms with E-state index in [0.29, 0.717) is 6.20 Å². The third-order valence-electron chi connectivity index (χ3n) is 1.42. The fourth-order valence-electron chi connectivity index (χ4n) is 0.784. The van der Waals surface area contributed by atoms with E-state index in [4.69, 9.17) is 10.7 Å². The minimum Gasteiger partial charge on any atom is -0.251 e. The lowest BCUT2D eigenvalue weighted by Gasteiger charge is -2.05. The molecule has 0 spiro atoms. The molecule has 0 aromatic carbocycles. The highest BCUT2D eigenvalue weighted by atomic mass is 79.9. The van der Waals surface area contributed by atoms with Crippen molar-refractivity contribution in [1.82, 2.24) is 4.98 Å². The van der Waals surface area contributed by atoms with Crippen LogP contribution in [0.1, 0.15) is 12.1 Å². The van der Waals surface area contributed by atoms with Gasteiger partial charge in [0.25, 0.3) is 15.5 Å². The molecule has 1 aromatic heterocycles. The predicted octanol–water partition coefficient (Wildman–Crippen LogP) is 2.85. The van der Waals surface area contributed by atoms with Crippen molar-refractivity contribution in [1.29, 1.82) is 0 Å². The molecule has 0 aliphatic heterocycles. The highest BCUT2D eigenvalue weighted by Crippen LogP contribution is 2.31. The van der Waals surface area contributed by atoms with Crippen molar-refractivity contribution >= 4 is 35.7 Å². The number of hydrogen-bond acceptors (Lipinski definition) is 3. The zero-order chi connectivity index (χ0) is 11.8. The van der Waals surface area contributed by atoms with Gasteiger partial charge in [-0.05, 0) is 15.9 Å². The van der Waals surface area contributed by atoms with Crippen LogP contribution in [-0.2, 0) is 9.05 Å². The van der Waals surface area contributed by atoms with Gasteiger partial charge in [-0.25, -0.2) is 21.6 Å². The Hall–Kier alpha value is -0.340. The van der Waals surface area contributed by atoms with Crippen LogP contribution in [0.2, 0.25) is 0 Å². The summed E-state index contributed by atoms with van der Waals surface area (Å²) in [5.41, 5.74) is -1.13. The van der Waals surface area contributed by atoms with Crippen LogP contribution in [0, 0.1) is 5.82 Å². The Balaban J connectivity index is 3.48. The first-order chi connectivity index (χ1) is 6.75. The minimum atomic E-state index is -4.22. The van der Waals surface area contributed by atoms with Crippen LogP contribution in [0.15, 0.2) is 15.6 Å². The molecular formula is C6H2BrClF3NO2S. The number of alkyl halides is 2. The summed E-state index contributed by atoms with van der Waals surface area (Å²) in [4.78, 5) is 2.30. The Morgan fingerprint density at radius 2 is 2.00 bits per heavy atom. The normalized spacial score (nSPS) is 12.1. The molecule has 0 unspecified atom stereocenters. The summed E-state index contributed by atoms with van der Waals surface area (Å²) in [5, 5.41) is 0. The van der Waals surface area contributed by atoms with Gasteiger partial charge in [0.1, 0.15) is 10.6 Å². The Kier molecular flexibility index (Phi) is 3.62. The first-order valence-electron chi connectivity index (χ1n) is 3.32. The molecule has 0 aliphatic carbocycles. The van der Waals surface area contributed by atoms with Gasteiger partial charge < -0.3 is 0 Å². The molecule has 0 amide bonds. The zero-order valence-electron chi connectivity index (χ0n) is 6.72. The van der Waals surface area contributed by atoms with Gasteiger partial charge >= 0.3 is 0 Å². The molecule has 0 aliphatic rings. The average molecular weight is 325 g/mol. The molecule has 84 valence electrons. The molecular weight excluding hydrogens is 322 g/mol. The summed E-state index contributed by atoms with van der Waals surface area (Å²) in [6.45, 7) is 0. The molecule has 0 fully saturated rings. The maximum Gasteiger partial charge on any atom is 0.283 e. The second kappa shape index (κ2) is 4.26. The molecule has 0 bridgehead atoms. The number of pyridine rings is 1. The van der Waals surface area contributed by atoms with Crippen molar-refractivity contribution in [2.75, 3.05) is 0 Å². The molecule has 1 aromatic rings. The monoisotopic (exact) mass is 323 g/mol. The lowest BCUT2D eigenvalue weighted by atomic mass is 10.3. The van der Waals surface area contributed by atoms with E-state index in [1.807, 2.05) is 0 Å². The summed E-state index contributed by atoms with van der Waals surface area (Å²) in [6, 6.07) is 0. The van der Waals surface area contributed by atoms with Gasteiger partial charge in [0.15, 0.2) is 5.82 Å². The van der Waals surface area contributed by atoms with Gasteiger partial charge in [0.05, 0.1) is 4.47 Å². The van der Waals surface area contributed by atoms with Gasteiger partial charge in [-0.3, -0.25) is 4.98 Å². The molecule has 1 heterocycles. The number of halogens is 5. The van der Waals surface area contributed by atoms with E-state index in [2.05, 4.69) is 20.9 Å². The summed E-state index contributed by atoms with van der Waals surface area (Å²) in [5.74, 6) is -1.44. The quantitative estimate of drug-likeness (QED) is 0.786. The fourth-order valence-corrected chi connectivity index (χ4v) is 2.84. The van der Waals surface area contributed by atoms with Crippen molar-refractivity contribution in [2.24, 2.45) is 0 Å². The molecule has 1 rings (SSSR count). The Morgan fingerprint density at radius 3 is 2.40 bits per heavy atom. The van der Waals surface area contributed by atoms with E-state index in [1.165, 1.54) is 0 Å². The average Bonchev–Trinajstić information content (AvgIpc) is 2.06. The topological polar surface area (TPSA) is 47.0 Å². The van der Waals surface area contributed by atoms with Crippen LogP contribution in [-0.4, -0.2) is 13.4 Å². The van der Waals surface area contributed by atoms with Crippen molar-refractivity contribution in [3.8, 4) is 0 Å². The third kappa shape index (κ3) is 2.61. The van der Waals surface area contributed by atoms with Gasteiger partial charge in [0, 0.05) is 16.9 Å². The van der Waals surface area contributed by atoms with Gasteiger partial charge in [-0.15, -0.1) is 0 Å². The molecule has 0 atom stereocenters. The SMILES string of the molecule is O=S(=O)(Cl)c1cnc(C(F)F)c(F)c1Br. The van der Waals surface area contributed by atoms with E-state index in [-0.39, 0.29) is 0 Å². The van der Waals surface area contributed by atoms with E-state index in [0.717, 1.165) is 0 Å². The Labute approximate surface area is 95.8 Å². The van der Waals surface area contributed by atoms with Crippen LogP contribution in [0.4, 0.5) is 13.2 Å². The van der Waals surface area contributed by atoms with E-state index < -0.39 is 36.4 Å². The zero-order valence-corrected chi connectivity index (χ0v) is 9.87. The largest absolute Gasteiger partial charge is 0.283 e. The maximum absolute atomic E-state index is 13.1.